The van der Waals surface area contributed by atoms with Crippen LogP contribution in [0, 0.1) is 0 Å². The van der Waals surface area contributed by atoms with Gasteiger partial charge < -0.3 is 15.2 Å². The number of benzene rings is 2. The normalized spacial score (nSPS) is 16.2. The number of carbonyl (C=O) groups excluding carboxylic acids is 2. The van der Waals surface area contributed by atoms with Gasteiger partial charge >= 0.3 is 11.9 Å². The molecule has 2 N–H and O–H groups in total. The largest absolute Gasteiger partial charge is 0.422 e. The Morgan fingerprint density at radius 2 is 1.91 bits per heavy atom. The molecule has 2 aliphatic rings. The number of likely N-dealkylation sites (N-methyl/N-ethyl adjacent to an activating group) is 1. The molecular formula is C25H31ClN2O4. The maximum Gasteiger partial charge on any atom is 0.311 e. The van der Waals surface area contributed by atoms with Crippen LogP contribution in [-0.4, -0.2) is 43.4 Å². The number of halogens is 1. The van der Waals surface area contributed by atoms with Crippen molar-refractivity contribution in [3.05, 3.63) is 47.0 Å². The second-order valence-electron chi connectivity index (χ2n) is 7.95. The first kappa shape index (κ1) is 24.2. The van der Waals surface area contributed by atoms with Crippen molar-refractivity contribution in [1.29, 1.82) is 0 Å². The summed E-state index contributed by atoms with van der Waals surface area (Å²) in [7, 11) is 2.15. The maximum atomic E-state index is 12.5. The highest BCUT2D eigenvalue weighted by atomic mass is 35.5. The predicted molar refractivity (Wildman–Crippen MR) is 126 cm³/mol. The van der Waals surface area contributed by atoms with Crippen molar-refractivity contribution in [3.63, 3.8) is 0 Å². The van der Waals surface area contributed by atoms with Crippen molar-refractivity contribution in [2.45, 2.75) is 45.1 Å². The Morgan fingerprint density at radius 3 is 2.62 bits per heavy atom. The smallest absolute Gasteiger partial charge is 0.311 e. The molecule has 4 rings (SSSR count). The van der Waals surface area contributed by atoms with Gasteiger partial charge in [0.05, 0.1) is 0 Å². The molecule has 0 bridgehead atoms. The summed E-state index contributed by atoms with van der Waals surface area (Å²) in [5.74, 6) is -0.0947. The second kappa shape index (κ2) is 10.9. The number of fused-ring (bicyclic) bond motifs is 2. The lowest BCUT2D eigenvalue weighted by Crippen LogP contribution is -2.35. The molecule has 2 aromatic rings. The average molecular weight is 459 g/mol. The lowest BCUT2D eigenvalue weighted by Gasteiger charge is -2.40. The van der Waals surface area contributed by atoms with E-state index in [1.165, 1.54) is 17.5 Å². The van der Waals surface area contributed by atoms with Crippen LogP contribution in [0.25, 0.3) is 11.1 Å². The van der Waals surface area contributed by atoms with E-state index in [0.717, 1.165) is 36.1 Å². The molecule has 172 valence electrons. The zero-order chi connectivity index (χ0) is 23.3. The first-order chi connectivity index (χ1) is 15.5. The molecule has 6 nitrogen and oxygen atoms in total. The summed E-state index contributed by atoms with van der Waals surface area (Å²) in [6, 6.07) is 10.3. The Kier molecular flexibility index (Phi) is 8.29. The van der Waals surface area contributed by atoms with Crippen molar-refractivity contribution in [3.8, 4) is 22.6 Å². The third-order valence-corrected chi connectivity index (χ3v) is 6.00. The molecule has 1 atom stereocenters. The van der Waals surface area contributed by atoms with E-state index in [4.69, 9.17) is 15.2 Å². The van der Waals surface area contributed by atoms with Crippen molar-refractivity contribution < 1.29 is 19.1 Å². The van der Waals surface area contributed by atoms with Gasteiger partial charge in [-0.05, 0) is 61.2 Å². The van der Waals surface area contributed by atoms with Gasteiger partial charge in [0.25, 0.3) is 0 Å². The summed E-state index contributed by atoms with van der Waals surface area (Å²) >= 11 is 4.64. The van der Waals surface area contributed by atoms with Crippen LogP contribution in [0.15, 0.2) is 30.3 Å². The van der Waals surface area contributed by atoms with Gasteiger partial charge in [-0.2, -0.15) is 0 Å². The fourth-order valence-electron chi connectivity index (χ4n) is 4.44. The fraction of sp³-hybridized carbons (Fsp3) is 0.440. The first-order valence-electron chi connectivity index (χ1n) is 11.0. The van der Waals surface area contributed by atoms with Crippen molar-refractivity contribution in [2.75, 3.05) is 26.5 Å². The maximum absolute atomic E-state index is 12.5. The Hall–Kier alpha value is -2.41. The Balaban J connectivity index is 0.00000141. The molecule has 1 aliphatic heterocycles. The standard InChI is InChI=1S/C24H28N2O4.CH3Cl/c1-3-20(27)29-19-10-9-16-14-18-22-15(11-13-26(18)2)6-4-7-17(22)23(16)24(19)30-21(28)8-5-12-25;1-2/h4,6-7,9-10,18H,3,5,8,11-14,25H2,1-2H3;1H3. The summed E-state index contributed by atoms with van der Waals surface area (Å²) in [5.41, 5.74) is 11.2. The van der Waals surface area contributed by atoms with E-state index in [-0.39, 0.29) is 24.8 Å². The number of nitrogens with zero attached hydrogens (tertiary/aromatic N) is 1. The molecule has 0 saturated heterocycles. The van der Waals surface area contributed by atoms with Gasteiger partial charge in [-0.3, -0.25) is 14.5 Å². The minimum Gasteiger partial charge on any atom is -0.422 e. The highest BCUT2D eigenvalue weighted by Crippen LogP contribution is 2.50. The second-order valence-corrected chi connectivity index (χ2v) is 7.95. The van der Waals surface area contributed by atoms with Crippen molar-refractivity contribution in [1.82, 2.24) is 4.90 Å². The SMILES string of the molecule is CCC(=O)Oc1ccc2c(c1OC(=O)CCCN)-c1cccc3c1C(C2)N(C)CC3.CCl. The van der Waals surface area contributed by atoms with Crippen LogP contribution < -0.4 is 15.2 Å². The highest BCUT2D eigenvalue weighted by Gasteiger charge is 2.35. The quantitative estimate of drug-likeness (QED) is 0.396. The molecule has 0 aromatic heterocycles. The Labute approximate surface area is 194 Å². The lowest BCUT2D eigenvalue weighted by molar-refractivity contribution is -0.137. The number of rotatable bonds is 6. The van der Waals surface area contributed by atoms with Crippen LogP contribution in [-0.2, 0) is 22.4 Å². The number of hydrogen-bond donors (Lipinski definition) is 1. The van der Waals surface area contributed by atoms with Gasteiger partial charge in [0.15, 0.2) is 11.5 Å². The van der Waals surface area contributed by atoms with E-state index in [9.17, 15) is 9.59 Å². The van der Waals surface area contributed by atoms with Crippen LogP contribution in [0.5, 0.6) is 11.5 Å². The number of ether oxygens (including phenoxy) is 2. The van der Waals surface area contributed by atoms with Crippen LogP contribution in [0.3, 0.4) is 0 Å². The van der Waals surface area contributed by atoms with Crippen molar-refractivity contribution >= 4 is 23.5 Å². The molecule has 0 amide bonds. The molecule has 7 heteroatoms. The zero-order valence-electron chi connectivity index (χ0n) is 18.9. The average Bonchev–Trinajstić information content (AvgIpc) is 2.82. The lowest BCUT2D eigenvalue weighted by atomic mass is 9.77. The molecule has 1 heterocycles. The zero-order valence-corrected chi connectivity index (χ0v) is 19.7. The molecule has 0 saturated carbocycles. The third-order valence-electron chi connectivity index (χ3n) is 6.00. The molecule has 0 radical (unpaired) electrons. The van der Waals surface area contributed by atoms with Crippen LogP contribution in [0.4, 0.5) is 0 Å². The van der Waals surface area contributed by atoms with Gasteiger partial charge in [-0.1, -0.05) is 31.2 Å². The number of nitrogens with two attached hydrogens (primary N) is 1. The minimum atomic E-state index is -0.369. The number of esters is 2. The highest BCUT2D eigenvalue weighted by molar-refractivity contribution is 6.15. The van der Waals surface area contributed by atoms with E-state index >= 15 is 0 Å². The monoisotopic (exact) mass is 458 g/mol. The van der Waals surface area contributed by atoms with Crippen molar-refractivity contribution in [2.24, 2.45) is 5.73 Å². The van der Waals surface area contributed by atoms with Gasteiger partial charge in [0, 0.05) is 37.4 Å². The summed E-state index contributed by atoms with van der Waals surface area (Å²) in [6.45, 7) is 3.17. The van der Waals surface area contributed by atoms with Crippen LogP contribution in [0.1, 0.15) is 48.9 Å². The van der Waals surface area contributed by atoms with E-state index in [1.54, 1.807) is 13.0 Å². The molecule has 1 aliphatic carbocycles. The molecule has 2 aromatic carbocycles. The van der Waals surface area contributed by atoms with Gasteiger partial charge in [-0.15, -0.1) is 11.6 Å². The van der Waals surface area contributed by atoms with E-state index in [1.807, 2.05) is 6.07 Å². The topological polar surface area (TPSA) is 81.9 Å². The minimum absolute atomic E-state index is 0.222. The van der Waals surface area contributed by atoms with E-state index in [2.05, 4.69) is 41.7 Å². The number of hydrogen-bond acceptors (Lipinski definition) is 6. The van der Waals surface area contributed by atoms with E-state index in [0.29, 0.717) is 30.5 Å². The van der Waals surface area contributed by atoms with Gasteiger partial charge in [-0.25, -0.2) is 0 Å². The number of carbonyl (C=O) groups is 2. The molecular weight excluding hydrogens is 428 g/mol. The number of alkyl halides is 1. The van der Waals surface area contributed by atoms with Crippen LogP contribution in [0.2, 0.25) is 0 Å². The molecule has 1 unspecified atom stereocenters. The van der Waals surface area contributed by atoms with Gasteiger partial charge in [0.1, 0.15) is 0 Å². The summed E-state index contributed by atoms with van der Waals surface area (Å²) < 4.78 is 11.4. The van der Waals surface area contributed by atoms with Crippen LogP contribution >= 0.6 is 11.6 Å². The Morgan fingerprint density at radius 1 is 1.12 bits per heavy atom. The first-order valence-corrected chi connectivity index (χ1v) is 11.8. The summed E-state index contributed by atoms with van der Waals surface area (Å²) in [4.78, 5) is 26.9. The van der Waals surface area contributed by atoms with Gasteiger partial charge in [0.2, 0.25) is 0 Å². The molecule has 0 fully saturated rings. The summed E-state index contributed by atoms with van der Waals surface area (Å²) in [5, 5.41) is 0. The third kappa shape index (κ3) is 4.82. The Bertz CT molecular complexity index is 992. The molecule has 32 heavy (non-hydrogen) atoms. The molecule has 0 spiro atoms. The summed E-state index contributed by atoms with van der Waals surface area (Å²) in [6.07, 6.45) is 4.29. The van der Waals surface area contributed by atoms with E-state index < -0.39 is 0 Å². The predicted octanol–water partition coefficient (Wildman–Crippen LogP) is 4.25. The fourth-order valence-corrected chi connectivity index (χ4v) is 4.44.